The molecule has 1 aliphatic rings. The van der Waals surface area contributed by atoms with E-state index >= 15 is 0 Å². The second-order valence-corrected chi connectivity index (χ2v) is 5.77. The third-order valence-corrected chi connectivity index (χ3v) is 4.05. The molecule has 1 fully saturated rings. The Morgan fingerprint density at radius 3 is 2.75 bits per heavy atom. The van der Waals surface area contributed by atoms with Gasteiger partial charge in [0, 0.05) is 13.1 Å². The summed E-state index contributed by atoms with van der Waals surface area (Å²) in [5.41, 5.74) is 3.15. The molecular weight excluding hydrogens is 246 g/mol. The Bertz CT molecular complexity index is 470. The van der Waals surface area contributed by atoms with Gasteiger partial charge < -0.3 is 10.2 Å². The van der Waals surface area contributed by atoms with E-state index in [1.165, 1.54) is 18.4 Å². The van der Waals surface area contributed by atoms with Gasteiger partial charge in [0.1, 0.15) is 6.07 Å². The minimum absolute atomic E-state index is 0.745. The molecule has 2 rings (SSSR count). The molecule has 0 amide bonds. The Morgan fingerprint density at radius 2 is 2.10 bits per heavy atom. The topological polar surface area (TPSA) is 39.1 Å². The second-order valence-electron chi connectivity index (χ2n) is 5.77. The quantitative estimate of drug-likeness (QED) is 0.894. The first-order chi connectivity index (χ1) is 9.74. The normalized spacial score (nSPS) is 15.8. The number of hydrogen-bond donors (Lipinski definition) is 1. The number of nitrogens with zero attached hydrogens (tertiary/aromatic N) is 2. The summed E-state index contributed by atoms with van der Waals surface area (Å²) in [7, 11) is 0. The number of hydrogen-bond acceptors (Lipinski definition) is 3. The number of nitrogens with one attached hydrogen (secondary N) is 1. The number of anilines is 1. The molecule has 3 nitrogen and oxygen atoms in total. The van der Waals surface area contributed by atoms with E-state index in [1.54, 1.807) is 0 Å². The highest BCUT2D eigenvalue weighted by Gasteiger charge is 2.18. The zero-order valence-corrected chi connectivity index (χ0v) is 12.7. The number of nitriles is 1. The second kappa shape index (κ2) is 7.31. The van der Waals surface area contributed by atoms with Gasteiger partial charge in [0.25, 0.3) is 0 Å². The van der Waals surface area contributed by atoms with Crippen LogP contribution in [0.2, 0.25) is 0 Å². The van der Waals surface area contributed by atoms with Crippen molar-refractivity contribution < 1.29 is 0 Å². The SMILES string of the molecule is CCCN(CC1CCNCC1)c1cc(C)ccc1C#N. The number of piperidine rings is 1. The molecule has 0 radical (unpaired) electrons. The molecule has 1 aromatic carbocycles. The lowest BCUT2D eigenvalue weighted by Gasteiger charge is -2.32. The Labute approximate surface area is 122 Å². The lowest BCUT2D eigenvalue weighted by atomic mass is 9.96. The van der Waals surface area contributed by atoms with Gasteiger partial charge >= 0.3 is 0 Å². The predicted molar refractivity (Wildman–Crippen MR) is 84.0 cm³/mol. The van der Waals surface area contributed by atoms with E-state index in [0.717, 1.165) is 49.8 Å². The lowest BCUT2D eigenvalue weighted by molar-refractivity contribution is 0.373. The average molecular weight is 271 g/mol. The molecule has 0 aromatic heterocycles. The van der Waals surface area contributed by atoms with Gasteiger partial charge in [0.05, 0.1) is 11.3 Å². The molecule has 0 spiro atoms. The number of benzene rings is 1. The largest absolute Gasteiger partial charge is 0.370 e. The van der Waals surface area contributed by atoms with Crippen molar-refractivity contribution in [2.45, 2.75) is 33.1 Å². The summed E-state index contributed by atoms with van der Waals surface area (Å²) >= 11 is 0. The van der Waals surface area contributed by atoms with Crippen molar-refractivity contribution in [2.75, 3.05) is 31.1 Å². The lowest BCUT2D eigenvalue weighted by Crippen LogP contribution is -2.37. The maximum atomic E-state index is 9.35. The molecule has 0 aliphatic carbocycles. The average Bonchev–Trinajstić information content (AvgIpc) is 2.48. The molecule has 0 unspecified atom stereocenters. The summed E-state index contributed by atoms with van der Waals surface area (Å²) in [6.07, 6.45) is 3.60. The highest BCUT2D eigenvalue weighted by atomic mass is 15.1. The minimum Gasteiger partial charge on any atom is -0.370 e. The minimum atomic E-state index is 0.745. The molecule has 20 heavy (non-hydrogen) atoms. The molecule has 0 saturated carbocycles. The van der Waals surface area contributed by atoms with Gasteiger partial charge in [0.2, 0.25) is 0 Å². The van der Waals surface area contributed by atoms with E-state index in [-0.39, 0.29) is 0 Å². The van der Waals surface area contributed by atoms with Gasteiger partial charge in [-0.2, -0.15) is 5.26 Å². The molecule has 1 N–H and O–H groups in total. The predicted octanol–water partition coefficient (Wildman–Crippen LogP) is 3.08. The zero-order valence-electron chi connectivity index (χ0n) is 12.7. The molecular formula is C17H25N3. The smallest absolute Gasteiger partial charge is 0.101 e. The van der Waals surface area contributed by atoms with Gasteiger partial charge in [-0.1, -0.05) is 13.0 Å². The monoisotopic (exact) mass is 271 g/mol. The third-order valence-electron chi connectivity index (χ3n) is 4.05. The summed E-state index contributed by atoms with van der Waals surface area (Å²) in [6, 6.07) is 8.49. The zero-order chi connectivity index (χ0) is 14.4. The van der Waals surface area contributed by atoms with Crippen LogP contribution >= 0.6 is 0 Å². The van der Waals surface area contributed by atoms with Crippen LogP contribution in [0, 0.1) is 24.2 Å². The van der Waals surface area contributed by atoms with Crippen LogP contribution in [0.4, 0.5) is 5.69 Å². The first-order valence-corrected chi connectivity index (χ1v) is 7.71. The highest BCUT2D eigenvalue weighted by Crippen LogP contribution is 2.25. The summed E-state index contributed by atoms with van der Waals surface area (Å²) in [4.78, 5) is 2.42. The molecule has 1 heterocycles. The molecule has 1 aliphatic heterocycles. The van der Waals surface area contributed by atoms with E-state index in [1.807, 2.05) is 12.1 Å². The van der Waals surface area contributed by atoms with Crippen molar-refractivity contribution in [1.82, 2.24) is 5.32 Å². The van der Waals surface area contributed by atoms with Crippen molar-refractivity contribution in [1.29, 1.82) is 5.26 Å². The first-order valence-electron chi connectivity index (χ1n) is 7.71. The fraction of sp³-hybridized carbons (Fsp3) is 0.588. The first kappa shape index (κ1) is 14.9. The van der Waals surface area contributed by atoms with Crippen LogP contribution in [0.5, 0.6) is 0 Å². The maximum Gasteiger partial charge on any atom is 0.101 e. The molecule has 0 bridgehead atoms. The highest BCUT2D eigenvalue weighted by molar-refractivity contribution is 5.60. The van der Waals surface area contributed by atoms with Crippen LogP contribution in [0.25, 0.3) is 0 Å². The molecule has 1 aromatic rings. The van der Waals surface area contributed by atoms with Crippen molar-refractivity contribution in [3.8, 4) is 6.07 Å². The number of rotatable bonds is 5. The molecule has 0 atom stereocenters. The van der Waals surface area contributed by atoms with Crippen LogP contribution in [0.1, 0.15) is 37.3 Å². The van der Waals surface area contributed by atoms with Crippen molar-refractivity contribution in [3.63, 3.8) is 0 Å². The van der Waals surface area contributed by atoms with Gasteiger partial charge in [0.15, 0.2) is 0 Å². The summed E-state index contributed by atoms with van der Waals surface area (Å²) in [6.45, 7) is 8.67. The fourth-order valence-electron chi connectivity index (χ4n) is 2.95. The summed E-state index contributed by atoms with van der Waals surface area (Å²) < 4.78 is 0. The van der Waals surface area contributed by atoms with Crippen LogP contribution < -0.4 is 10.2 Å². The van der Waals surface area contributed by atoms with Gasteiger partial charge in [-0.3, -0.25) is 0 Å². The van der Waals surface area contributed by atoms with Crippen molar-refractivity contribution in [3.05, 3.63) is 29.3 Å². The van der Waals surface area contributed by atoms with E-state index in [0.29, 0.717) is 0 Å². The third kappa shape index (κ3) is 3.74. The van der Waals surface area contributed by atoms with Gasteiger partial charge in [-0.15, -0.1) is 0 Å². The Hall–Kier alpha value is -1.53. The van der Waals surface area contributed by atoms with E-state index in [2.05, 4.69) is 36.2 Å². The summed E-state index contributed by atoms with van der Waals surface area (Å²) in [5.74, 6) is 0.745. The van der Waals surface area contributed by atoms with Crippen molar-refractivity contribution >= 4 is 5.69 Å². The van der Waals surface area contributed by atoms with Crippen LogP contribution in [0.15, 0.2) is 18.2 Å². The standard InChI is InChI=1S/C17H25N3/c1-3-10-20(13-15-6-8-19-9-7-15)17-11-14(2)4-5-16(17)12-18/h4-5,11,15,19H,3,6-10,13H2,1-2H3. The van der Waals surface area contributed by atoms with E-state index in [4.69, 9.17) is 0 Å². The Morgan fingerprint density at radius 1 is 1.35 bits per heavy atom. The summed E-state index contributed by atoms with van der Waals surface area (Å²) in [5, 5.41) is 12.8. The van der Waals surface area contributed by atoms with Gasteiger partial charge in [-0.25, -0.2) is 0 Å². The Balaban J connectivity index is 2.18. The van der Waals surface area contributed by atoms with E-state index < -0.39 is 0 Å². The van der Waals surface area contributed by atoms with Crippen LogP contribution in [-0.4, -0.2) is 26.2 Å². The molecule has 3 heteroatoms. The van der Waals surface area contributed by atoms with Crippen LogP contribution in [-0.2, 0) is 0 Å². The fourth-order valence-corrected chi connectivity index (χ4v) is 2.95. The van der Waals surface area contributed by atoms with Crippen molar-refractivity contribution in [2.24, 2.45) is 5.92 Å². The molecule has 1 saturated heterocycles. The van der Waals surface area contributed by atoms with Crippen LogP contribution in [0.3, 0.4) is 0 Å². The molecule has 108 valence electrons. The Kier molecular flexibility index (Phi) is 5.43. The maximum absolute atomic E-state index is 9.35. The number of aryl methyl sites for hydroxylation is 1. The van der Waals surface area contributed by atoms with E-state index in [9.17, 15) is 5.26 Å². The van der Waals surface area contributed by atoms with Gasteiger partial charge in [-0.05, 0) is 62.9 Å².